The van der Waals surface area contributed by atoms with Crippen LogP contribution in [0, 0.1) is 17.1 Å². The van der Waals surface area contributed by atoms with Crippen molar-refractivity contribution in [1.29, 1.82) is 5.26 Å². The quantitative estimate of drug-likeness (QED) is 0.468. The molecule has 8 nitrogen and oxygen atoms in total. The van der Waals surface area contributed by atoms with E-state index in [0.717, 1.165) is 0 Å². The number of hydrogen-bond donors (Lipinski definition) is 0. The average Bonchev–Trinajstić information content (AvgIpc) is 3.40. The van der Waals surface area contributed by atoms with Gasteiger partial charge >= 0.3 is 0 Å². The number of aromatic nitrogens is 2. The van der Waals surface area contributed by atoms with Crippen LogP contribution in [0.3, 0.4) is 0 Å². The number of carbonyl (C=O) groups excluding carboxylic acids is 1. The fourth-order valence-corrected chi connectivity index (χ4v) is 4.33. The van der Waals surface area contributed by atoms with Crippen LogP contribution in [-0.4, -0.2) is 46.5 Å². The van der Waals surface area contributed by atoms with E-state index in [0.29, 0.717) is 48.5 Å². The van der Waals surface area contributed by atoms with Gasteiger partial charge in [-0.1, -0.05) is 12.1 Å². The van der Waals surface area contributed by atoms with Crippen molar-refractivity contribution in [3.05, 3.63) is 94.0 Å². The third-order valence-corrected chi connectivity index (χ3v) is 5.95. The summed E-state index contributed by atoms with van der Waals surface area (Å²) >= 11 is 0. The molecule has 1 aromatic carbocycles. The van der Waals surface area contributed by atoms with Crippen LogP contribution in [0.25, 0.3) is 11.0 Å². The minimum atomic E-state index is -0.462. The zero-order valence-electron chi connectivity index (χ0n) is 18.1. The van der Waals surface area contributed by atoms with E-state index in [4.69, 9.17) is 4.42 Å². The summed E-state index contributed by atoms with van der Waals surface area (Å²) in [5, 5.41) is 9.93. The molecule has 0 unspecified atom stereocenters. The van der Waals surface area contributed by atoms with Crippen molar-refractivity contribution in [2.24, 2.45) is 0 Å². The van der Waals surface area contributed by atoms with Crippen molar-refractivity contribution >= 4 is 22.6 Å². The number of carbonyl (C=O) groups is 1. The number of hydrogen-bond acceptors (Lipinski definition) is 6. The first-order valence-corrected chi connectivity index (χ1v) is 10.8. The topological polar surface area (TPSA) is 95.4 Å². The van der Waals surface area contributed by atoms with Crippen LogP contribution in [0.1, 0.15) is 21.7 Å². The summed E-state index contributed by atoms with van der Waals surface area (Å²) < 4.78 is 20.4. The zero-order valence-corrected chi connectivity index (χ0v) is 18.1. The standard InChI is InChI=1S/C25H20FN5O3/c26-18-5-1-4-17(14-18)16-31-20-6-2-8-28-22(20)23(19(15-27)24(31)32)29-9-11-30(12-10-29)25(33)21-7-3-13-34-21/h1-8,13-14H,9-12,16H2. The number of halogens is 1. The lowest BCUT2D eigenvalue weighted by atomic mass is 10.1. The molecule has 170 valence electrons. The smallest absolute Gasteiger partial charge is 0.289 e. The number of nitriles is 1. The predicted octanol–water partition coefficient (Wildman–Crippen LogP) is 3.01. The Morgan fingerprint density at radius 1 is 1.12 bits per heavy atom. The van der Waals surface area contributed by atoms with Gasteiger partial charge in [0, 0.05) is 32.4 Å². The van der Waals surface area contributed by atoms with E-state index in [1.54, 1.807) is 47.5 Å². The van der Waals surface area contributed by atoms with Crippen LogP contribution < -0.4 is 10.5 Å². The van der Waals surface area contributed by atoms with Gasteiger partial charge in [-0.25, -0.2) is 4.39 Å². The molecular formula is C25H20FN5O3. The molecule has 0 N–H and O–H groups in total. The number of rotatable bonds is 4. The second kappa shape index (κ2) is 8.83. The highest BCUT2D eigenvalue weighted by atomic mass is 19.1. The predicted molar refractivity (Wildman–Crippen MR) is 123 cm³/mol. The molecular weight excluding hydrogens is 437 g/mol. The first-order valence-electron chi connectivity index (χ1n) is 10.8. The first kappa shape index (κ1) is 21.4. The lowest BCUT2D eigenvalue weighted by molar-refractivity contribution is 0.0715. The lowest BCUT2D eigenvalue weighted by Gasteiger charge is -2.36. The van der Waals surface area contributed by atoms with Gasteiger partial charge in [0.1, 0.15) is 23.0 Å². The molecule has 3 aromatic heterocycles. The second-order valence-corrected chi connectivity index (χ2v) is 7.98. The Balaban J connectivity index is 1.52. The largest absolute Gasteiger partial charge is 0.459 e. The molecule has 34 heavy (non-hydrogen) atoms. The molecule has 4 heterocycles. The molecule has 0 spiro atoms. The number of anilines is 1. The highest BCUT2D eigenvalue weighted by molar-refractivity contribution is 5.93. The minimum absolute atomic E-state index is 0.0200. The van der Waals surface area contributed by atoms with Crippen LogP contribution >= 0.6 is 0 Å². The SMILES string of the molecule is N#Cc1c(N2CCN(C(=O)c3ccco3)CC2)c2ncccc2n(Cc2cccc(F)c2)c1=O. The maximum atomic E-state index is 13.7. The molecule has 1 amide bonds. The molecule has 4 aromatic rings. The number of pyridine rings is 2. The Kier molecular flexibility index (Phi) is 5.55. The van der Waals surface area contributed by atoms with Gasteiger partial charge in [-0.15, -0.1) is 0 Å². The van der Waals surface area contributed by atoms with E-state index in [1.807, 2.05) is 4.90 Å². The van der Waals surface area contributed by atoms with Crippen LogP contribution in [0.15, 0.2) is 70.2 Å². The van der Waals surface area contributed by atoms with Crippen molar-refractivity contribution in [2.45, 2.75) is 6.54 Å². The highest BCUT2D eigenvalue weighted by Crippen LogP contribution is 2.28. The minimum Gasteiger partial charge on any atom is -0.459 e. The van der Waals surface area contributed by atoms with Crippen LogP contribution in [-0.2, 0) is 6.54 Å². The monoisotopic (exact) mass is 457 g/mol. The molecule has 0 aliphatic carbocycles. The maximum absolute atomic E-state index is 13.7. The number of furan rings is 1. The van der Waals surface area contributed by atoms with Gasteiger partial charge < -0.3 is 18.8 Å². The lowest BCUT2D eigenvalue weighted by Crippen LogP contribution is -2.49. The van der Waals surface area contributed by atoms with Crippen molar-refractivity contribution in [1.82, 2.24) is 14.5 Å². The Morgan fingerprint density at radius 3 is 2.65 bits per heavy atom. The van der Waals surface area contributed by atoms with Crippen molar-refractivity contribution < 1.29 is 13.6 Å². The zero-order chi connectivity index (χ0) is 23.7. The van der Waals surface area contributed by atoms with Gasteiger partial charge in [-0.3, -0.25) is 14.6 Å². The van der Waals surface area contributed by atoms with Gasteiger partial charge in [-0.2, -0.15) is 5.26 Å². The molecule has 1 fully saturated rings. The van der Waals surface area contributed by atoms with Crippen LogP contribution in [0.5, 0.6) is 0 Å². The van der Waals surface area contributed by atoms with Crippen molar-refractivity contribution in [2.75, 3.05) is 31.1 Å². The summed E-state index contributed by atoms with van der Waals surface area (Å²) in [6, 6.07) is 14.9. The Bertz CT molecular complexity index is 1460. The van der Waals surface area contributed by atoms with Gasteiger partial charge in [0.25, 0.3) is 11.5 Å². The normalized spacial score (nSPS) is 13.8. The number of amides is 1. The summed E-state index contributed by atoms with van der Waals surface area (Å²) in [7, 11) is 0. The first-order chi connectivity index (χ1) is 16.6. The third kappa shape index (κ3) is 3.79. The van der Waals surface area contributed by atoms with E-state index in [9.17, 15) is 19.2 Å². The van der Waals surface area contributed by atoms with Crippen molar-refractivity contribution in [3.63, 3.8) is 0 Å². The van der Waals surface area contributed by atoms with Crippen LogP contribution in [0.2, 0.25) is 0 Å². The Labute approximate surface area is 194 Å². The fraction of sp³-hybridized carbons (Fsp3) is 0.200. The average molecular weight is 457 g/mol. The molecule has 0 saturated carbocycles. The summed E-state index contributed by atoms with van der Waals surface area (Å²) in [6.45, 7) is 1.79. The summed E-state index contributed by atoms with van der Waals surface area (Å²) in [6.07, 6.45) is 3.07. The Hall–Kier alpha value is -4.45. The van der Waals surface area contributed by atoms with E-state index in [-0.39, 0.29) is 23.8 Å². The van der Waals surface area contributed by atoms with Gasteiger partial charge in [0.15, 0.2) is 5.76 Å². The number of nitrogens with zero attached hydrogens (tertiary/aromatic N) is 5. The van der Waals surface area contributed by atoms with Crippen molar-refractivity contribution in [3.8, 4) is 6.07 Å². The fourth-order valence-electron chi connectivity index (χ4n) is 4.33. The van der Waals surface area contributed by atoms with Gasteiger partial charge in [-0.05, 0) is 42.0 Å². The maximum Gasteiger partial charge on any atom is 0.289 e. The second-order valence-electron chi connectivity index (χ2n) is 7.98. The number of fused-ring (bicyclic) bond motifs is 1. The highest BCUT2D eigenvalue weighted by Gasteiger charge is 2.28. The van der Waals surface area contributed by atoms with E-state index in [1.165, 1.54) is 23.0 Å². The van der Waals surface area contributed by atoms with E-state index < -0.39 is 11.4 Å². The molecule has 0 radical (unpaired) electrons. The summed E-state index contributed by atoms with van der Waals surface area (Å²) in [5.41, 5.74) is 1.66. The van der Waals surface area contributed by atoms with Gasteiger partial charge in [0.2, 0.25) is 0 Å². The molecule has 5 rings (SSSR count). The molecule has 0 atom stereocenters. The number of piperazine rings is 1. The summed E-state index contributed by atoms with van der Waals surface area (Å²) in [5.74, 6) is -0.316. The Morgan fingerprint density at radius 2 is 1.94 bits per heavy atom. The molecule has 1 saturated heterocycles. The molecule has 1 aliphatic heterocycles. The van der Waals surface area contributed by atoms with E-state index >= 15 is 0 Å². The molecule has 9 heteroatoms. The van der Waals surface area contributed by atoms with Crippen LogP contribution in [0.4, 0.5) is 10.1 Å². The van der Waals surface area contributed by atoms with E-state index in [2.05, 4.69) is 11.1 Å². The molecule has 0 bridgehead atoms. The number of benzene rings is 1. The molecule has 1 aliphatic rings. The van der Waals surface area contributed by atoms with Gasteiger partial charge in [0.05, 0.1) is 24.0 Å². The summed E-state index contributed by atoms with van der Waals surface area (Å²) in [4.78, 5) is 34.1. The third-order valence-electron chi connectivity index (χ3n) is 5.95.